The molecule has 4 nitrogen and oxygen atoms in total. The van der Waals surface area contributed by atoms with Crippen molar-refractivity contribution in [1.82, 2.24) is 10.3 Å². The van der Waals surface area contributed by atoms with Crippen LogP contribution in [-0.2, 0) is 0 Å². The van der Waals surface area contributed by atoms with Gasteiger partial charge in [0.25, 0.3) is 0 Å². The summed E-state index contributed by atoms with van der Waals surface area (Å²) in [7, 11) is 3.24. The predicted octanol–water partition coefficient (Wildman–Crippen LogP) is 1.25. The van der Waals surface area contributed by atoms with E-state index in [9.17, 15) is 4.79 Å². The van der Waals surface area contributed by atoms with Crippen LogP contribution in [0.3, 0.4) is 0 Å². The summed E-state index contributed by atoms with van der Waals surface area (Å²) in [5.74, 6) is 0.457. The topological polar surface area (TPSA) is 51.2 Å². The average Bonchev–Trinajstić information content (AvgIpc) is 2.17. The van der Waals surface area contributed by atoms with Crippen molar-refractivity contribution in [1.29, 1.82) is 0 Å². The number of nitrogens with one attached hydrogen (secondary N) is 1. The number of Topliss-reactive ketones (excluding diaryl/α,β-unsaturated/α-hetero) is 1. The Labute approximate surface area is 90.8 Å². The zero-order valence-corrected chi connectivity index (χ0v) is 9.59. The predicted molar refractivity (Wildman–Crippen MR) is 56.7 cm³/mol. The van der Waals surface area contributed by atoms with Crippen LogP contribution in [0.25, 0.3) is 0 Å². The minimum absolute atomic E-state index is 0.0291. The number of halogens is 1. The summed E-state index contributed by atoms with van der Waals surface area (Å²) >= 11 is 3.27. The number of carbonyl (C=O) groups is 1. The summed E-state index contributed by atoms with van der Waals surface area (Å²) in [6, 6.07) is 0. The lowest BCUT2D eigenvalue weighted by Crippen LogP contribution is -2.19. The molecule has 0 unspecified atom stereocenters. The van der Waals surface area contributed by atoms with E-state index in [1.807, 2.05) is 0 Å². The fourth-order valence-corrected chi connectivity index (χ4v) is 1.63. The molecule has 5 heteroatoms. The SMILES string of the molecule is CNCC(=O)c1c(Br)cncc1OC. The Morgan fingerprint density at radius 1 is 1.64 bits per heavy atom. The first-order valence-electron chi connectivity index (χ1n) is 4.06. The minimum Gasteiger partial charge on any atom is -0.494 e. The maximum Gasteiger partial charge on any atom is 0.181 e. The van der Waals surface area contributed by atoms with Crippen molar-refractivity contribution in [2.75, 3.05) is 20.7 Å². The zero-order chi connectivity index (χ0) is 10.6. The molecular weight excluding hydrogens is 248 g/mol. The van der Waals surface area contributed by atoms with Gasteiger partial charge in [-0.15, -0.1) is 0 Å². The first-order valence-corrected chi connectivity index (χ1v) is 4.85. The number of nitrogens with zero attached hydrogens (tertiary/aromatic N) is 1. The van der Waals surface area contributed by atoms with Crippen molar-refractivity contribution in [3.63, 3.8) is 0 Å². The van der Waals surface area contributed by atoms with Gasteiger partial charge in [-0.05, 0) is 23.0 Å². The third-order valence-corrected chi connectivity index (χ3v) is 2.30. The monoisotopic (exact) mass is 258 g/mol. The van der Waals surface area contributed by atoms with E-state index in [-0.39, 0.29) is 12.3 Å². The number of pyridine rings is 1. The second kappa shape index (κ2) is 5.07. The molecule has 1 aromatic rings. The van der Waals surface area contributed by atoms with E-state index in [1.165, 1.54) is 13.3 Å². The van der Waals surface area contributed by atoms with Gasteiger partial charge in [0.2, 0.25) is 0 Å². The highest BCUT2D eigenvalue weighted by Crippen LogP contribution is 2.25. The smallest absolute Gasteiger partial charge is 0.181 e. The largest absolute Gasteiger partial charge is 0.494 e. The van der Waals surface area contributed by atoms with Crippen molar-refractivity contribution in [2.45, 2.75) is 0 Å². The molecule has 1 heterocycles. The molecule has 0 aliphatic rings. The van der Waals surface area contributed by atoms with Gasteiger partial charge < -0.3 is 10.1 Å². The highest BCUT2D eigenvalue weighted by Gasteiger charge is 2.15. The number of carbonyl (C=O) groups excluding carboxylic acids is 1. The van der Waals surface area contributed by atoms with Crippen LogP contribution in [0.4, 0.5) is 0 Å². The Hall–Kier alpha value is -0.940. The third kappa shape index (κ3) is 2.30. The quantitative estimate of drug-likeness (QED) is 0.827. The van der Waals surface area contributed by atoms with E-state index in [0.717, 1.165) is 0 Å². The van der Waals surface area contributed by atoms with Crippen molar-refractivity contribution in [2.24, 2.45) is 0 Å². The maximum atomic E-state index is 11.6. The molecule has 0 aromatic carbocycles. The number of rotatable bonds is 4. The van der Waals surface area contributed by atoms with Gasteiger partial charge in [-0.25, -0.2) is 0 Å². The van der Waals surface area contributed by atoms with Crippen LogP contribution in [0, 0.1) is 0 Å². The first-order chi connectivity index (χ1) is 6.70. The van der Waals surface area contributed by atoms with E-state index >= 15 is 0 Å². The molecule has 0 saturated heterocycles. The Morgan fingerprint density at radius 2 is 2.36 bits per heavy atom. The molecule has 76 valence electrons. The minimum atomic E-state index is -0.0291. The number of methoxy groups -OCH3 is 1. The second-order valence-corrected chi connectivity index (χ2v) is 3.51. The van der Waals surface area contributed by atoms with Crippen LogP contribution in [-0.4, -0.2) is 31.5 Å². The molecule has 0 aliphatic carbocycles. The number of aromatic nitrogens is 1. The number of likely N-dealkylation sites (N-methyl/N-ethyl adjacent to an activating group) is 1. The number of hydrogen-bond donors (Lipinski definition) is 1. The lowest BCUT2D eigenvalue weighted by Gasteiger charge is -2.08. The number of ketones is 1. The lowest BCUT2D eigenvalue weighted by molar-refractivity contribution is 0.0989. The summed E-state index contributed by atoms with van der Waals surface area (Å²) in [5, 5.41) is 2.80. The molecule has 0 atom stereocenters. The van der Waals surface area contributed by atoms with Gasteiger partial charge in [0.05, 0.1) is 29.9 Å². The Kier molecular flexibility index (Phi) is 4.03. The molecule has 0 fully saturated rings. The molecule has 0 aliphatic heterocycles. The van der Waals surface area contributed by atoms with Crippen LogP contribution in [0.15, 0.2) is 16.9 Å². The summed E-state index contributed by atoms with van der Waals surface area (Å²) in [5.41, 5.74) is 0.525. The van der Waals surface area contributed by atoms with Gasteiger partial charge in [0, 0.05) is 6.20 Å². The first kappa shape index (κ1) is 11.1. The molecule has 0 bridgehead atoms. The van der Waals surface area contributed by atoms with Crippen molar-refractivity contribution in [3.05, 3.63) is 22.4 Å². The summed E-state index contributed by atoms with van der Waals surface area (Å²) in [6.45, 7) is 0.277. The van der Waals surface area contributed by atoms with Crippen LogP contribution in [0.1, 0.15) is 10.4 Å². The van der Waals surface area contributed by atoms with Crippen molar-refractivity contribution >= 4 is 21.7 Å². The second-order valence-electron chi connectivity index (χ2n) is 2.65. The van der Waals surface area contributed by atoms with Crippen LogP contribution < -0.4 is 10.1 Å². The number of hydrogen-bond acceptors (Lipinski definition) is 4. The van der Waals surface area contributed by atoms with Gasteiger partial charge in [0.15, 0.2) is 5.78 Å². The number of ether oxygens (including phenoxy) is 1. The molecule has 0 amide bonds. The van der Waals surface area contributed by atoms with E-state index in [2.05, 4.69) is 26.2 Å². The van der Waals surface area contributed by atoms with Crippen LogP contribution in [0.2, 0.25) is 0 Å². The van der Waals surface area contributed by atoms with Crippen molar-refractivity contribution in [3.8, 4) is 5.75 Å². The molecule has 14 heavy (non-hydrogen) atoms. The molecule has 1 aromatic heterocycles. The zero-order valence-electron chi connectivity index (χ0n) is 8.00. The normalized spacial score (nSPS) is 9.93. The van der Waals surface area contributed by atoms with Gasteiger partial charge in [-0.3, -0.25) is 9.78 Å². The Balaban J connectivity index is 3.10. The fourth-order valence-electron chi connectivity index (χ4n) is 1.09. The van der Waals surface area contributed by atoms with Crippen LogP contribution >= 0.6 is 15.9 Å². The van der Waals surface area contributed by atoms with Gasteiger partial charge in [0.1, 0.15) is 5.75 Å². The standard InChI is InChI=1S/C9H11BrN2O2/c1-11-4-7(13)9-6(10)3-12-5-8(9)14-2/h3,5,11H,4H2,1-2H3. The van der Waals surface area contributed by atoms with Crippen molar-refractivity contribution < 1.29 is 9.53 Å². The molecule has 0 radical (unpaired) electrons. The summed E-state index contributed by atoms with van der Waals surface area (Å²) in [6.07, 6.45) is 3.10. The molecule has 1 N–H and O–H groups in total. The highest BCUT2D eigenvalue weighted by atomic mass is 79.9. The lowest BCUT2D eigenvalue weighted by atomic mass is 10.1. The summed E-state index contributed by atoms with van der Waals surface area (Å²) < 4.78 is 5.70. The average molecular weight is 259 g/mol. The fraction of sp³-hybridized carbons (Fsp3) is 0.333. The highest BCUT2D eigenvalue weighted by molar-refractivity contribution is 9.10. The van der Waals surface area contributed by atoms with Gasteiger partial charge in [-0.2, -0.15) is 0 Å². The molecule has 0 spiro atoms. The van der Waals surface area contributed by atoms with Gasteiger partial charge >= 0.3 is 0 Å². The molecule has 0 saturated carbocycles. The van der Waals surface area contributed by atoms with E-state index < -0.39 is 0 Å². The van der Waals surface area contributed by atoms with E-state index in [4.69, 9.17) is 4.74 Å². The molecule has 1 rings (SSSR count). The van der Waals surface area contributed by atoms with Gasteiger partial charge in [-0.1, -0.05) is 0 Å². The van der Waals surface area contributed by atoms with Crippen LogP contribution in [0.5, 0.6) is 5.75 Å². The van der Waals surface area contributed by atoms with E-state index in [0.29, 0.717) is 15.8 Å². The van der Waals surface area contributed by atoms with E-state index in [1.54, 1.807) is 13.2 Å². The molecular formula is C9H11BrN2O2. The third-order valence-electron chi connectivity index (χ3n) is 1.70. The summed E-state index contributed by atoms with van der Waals surface area (Å²) in [4.78, 5) is 15.6. The maximum absolute atomic E-state index is 11.6. The Bertz CT molecular complexity index is 342. The Morgan fingerprint density at radius 3 is 2.93 bits per heavy atom.